The van der Waals surface area contributed by atoms with Gasteiger partial charge < -0.3 is 24.6 Å². The van der Waals surface area contributed by atoms with Gasteiger partial charge in [0.1, 0.15) is 12.6 Å². The van der Waals surface area contributed by atoms with E-state index in [4.69, 9.17) is 9.47 Å². The van der Waals surface area contributed by atoms with Gasteiger partial charge in [-0.05, 0) is 47.1 Å². The average Bonchev–Trinajstić information content (AvgIpc) is 2.72. The Morgan fingerprint density at radius 3 is 2.00 bits per heavy atom. The van der Waals surface area contributed by atoms with Crippen molar-refractivity contribution in [1.82, 2.24) is 15.1 Å². The first-order valence-electron chi connectivity index (χ1n) is 11.3. The molecule has 1 aromatic carbocycles. The molecule has 1 unspecified atom stereocenters. The fraction of sp³-hybridized carbons (Fsp3) is 0.583. The van der Waals surface area contributed by atoms with E-state index in [0.717, 1.165) is 5.56 Å². The van der Waals surface area contributed by atoms with Crippen LogP contribution in [0.15, 0.2) is 30.3 Å². The fourth-order valence-electron chi connectivity index (χ4n) is 3.33. The van der Waals surface area contributed by atoms with Crippen molar-refractivity contribution in [3.63, 3.8) is 0 Å². The minimum absolute atomic E-state index is 0.121. The summed E-state index contributed by atoms with van der Waals surface area (Å²) in [6.45, 7) is 10.6. The first-order valence-corrected chi connectivity index (χ1v) is 11.3. The lowest BCUT2D eigenvalue weighted by Gasteiger charge is -2.37. The Balaban J connectivity index is 3.36. The molecule has 0 aliphatic carbocycles. The van der Waals surface area contributed by atoms with Crippen LogP contribution in [-0.4, -0.2) is 71.6 Å². The first kappa shape index (κ1) is 27.9. The zero-order valence-electron chi connectivity index (χ0n) is 20.5. The van der Waals surface area contributed by atoms with Gasteiger partial charge in [-0.3, -0.25) is 14.4 Å². The molecule has 0 spiro atoms. The number of esters is 2. The highest BCUT2D eigenvalue weighted by atomic mass is 16.5. The molecule has 184 valence electrons. The molecule has 9 heteroatoms. The highest BCUT2D eigenvalue weighted by Gasteiger charge is 2.37. The quantitative estimate of drug-likeness (QED) is 0.478. The molecule has 1 N–H and O–H groups in total. The van der Waals surface area contributed by atoms with Crippen LogP contribution in [0.2, 0.25) is 0 Å². The van der Waals surface area contributed by atoms with Crippen LogP contribution in [0.25, 0.3) is 0 Å². The standard InChI is InChI=1S/C24H37N3O6/c1-7-32-21(28)14-20(27(18(5)6)24(31)25-17(3)4)23(30)26(16-22(29)33-8-2)15-19-12-10-9-11-13-19/h9-13,17-18,20H,7-8,14-16H2,1-6H3,(H,25,31). The fourth-order valence-corrected chi connectivity index (χ4v) is 3.33. The highest BCUT2D eigenvalue weighted by molar-refractivity contribution is 5.92. The van der Waals surface area contributed by atoms with Gasteiger partial charge in [0.2, 0.25) is 5.91 Å². The Labute approximate surface area is 196 Å². The van der Waals surface area contributed by atoms with Gasteiger partial charge in [-0.25, -0.2) is 4.79 Å². The minimum Gasteiger partial charge on any atom is -0.466 e. The number of rotatable bonds is 12. The molecule has 0 aliphatic heterocycles. The normalized spacial score (nSPS) is 11.6. The first-order chi connectivity index (χ1) is 15.6. The maximum Gasteiger partial charge on any atom is 0.325 e. The number of carbonyl (C=O) groups is 4. The number of hydrogen-bond donors (Lipinski definition) is 1. The van der Waals surface area contributed by atoms with Crippen LogP contribution in [0.1, 0.15) is 53.5 Å². The second-order valence-corrected chi connectivity index (χ2v) is 8.12. The van der Waals surface area contributed by atoms with Crippen molar-refractivity contribution in [3.8, 4) is 0 Å². The van der Waals surface area contributed by atoms with Crippen molar-refractivity contribution >= 4 is 23.9 Å². The number of hydrogen-bond acceptors (Lipinski definition) is 6. The van der Waals surface area contributed by atoms with Crippen molar-refractivity contribution in [2.45, 2.75) is 72.6 Å². The molecule has 0 radical (unpaired) electrons. The van der Waals surface area contributed by atoms with E-state index in [1.165, 1.54) is 9.80 Å². The lowest BCUT2D eigenvalue weighted by molar-refractivity contribution is -0.153. The number of urea groups is 1. The zero-order valence-corrected chi connectivity index (χ0v) is 20.5. The molecule has 1 atom stereocenters. The molecule has 9 nitrogen and oxygen atoms in total. The summed E-state index contributed by atoms with van der Waals surface area (Å²) < 4.78 is 10.1. The summed E-state index contributed by atoms with van der Waals surface area (Å²) in [6, 6.07) is 6.98. The smallest absolute Gasteiger partial charge is 0.325 e. The maximum absolute atomic E-state index is 13.8. The highest BCUT2D eigenvalue weighted by Crippen LogP contribution is 2.17. The third kappa shape index (κ3) is 9.51. The van der Waals surface area contributed by atoms with Crippen LogP contribution in [0.5, 0.6) is 0 Å². The molecule has 1 rings (SSSR count). The third-order valence-corrected chi connectivity index (χ3v) is 4.64. The Morgan fingerprint density at radius 1 is 0.909 bits per heavy atom. The predicted octanol–water partition coefficient (Wildman–Crippen LogP) is 2.73. The van der Waals surface area contributed by atoms with E-state index in [0.29, 0.717) is 0 Å². The van der Waals surface area contributed by atoms with E-state index < -0.39 is 36.0 Å². The van der Waals surface area contributed by atoms with Gasteiger partial charge in [0.25, 0.3) is 0 Å². The van der Waals surface area contributed by atoms with Crippen molar-refractivity contribution in [3.05, 3.63) is 35.9 Å². The lowest BCUT2D eigenvalue weighted by Crippen LogP contribution is -2.58. The summed E-state index contributed by atoms with van der Waals surface area (Å²) in [5.74, 6) is -1.71. The van der Waals surface area contributed by atoms with Gasteiger partial charge in [0.05, 0.1) is 19.6 Å². The van der Waals surface area contributed by atoms with Crippen LogP contribution in [0.3, 0.4) is 0 Å². The number of nitrogens with zero attached hydrogens (tertiary/aromatic N) is 2. The van der Waals surface area contributed by atoms with E-state index in [1.54, 1.807) is 41.5 Å². The van der Waals surface area contributed by atoms with Crippen molar-refractivity contribution in [2.24, 2.45) is 0 Å². The zero-order chi connectivity index (χ0) is 25.0. The van der Waals surface area contributed by atoms with Crippen molar-refractivity contribution in [2.75, 3.05) is 19.8 Å². The van der Waals surface area contributed by atoms with E-state index in [1.807, 2.05) is 30.3 Å². The third-order valence-electron chi connectivity index (χ3n) is 4.64. The topological polar surface area (TPSA) is 105 Å². The number of ether oxygens (including phenoxy) is 2. The SMILES string of the molecule is CCOC(=O)CC(C(=O)N(CC(=O)OCC)Cc1ccccc1)N(C(=O)NC(C)C)C(C)C. The van der Waals surface area contributed by atoms with Crippen LogP contribution >= 0.6 is 0 Å². The molecule has 3 amide bonds. The van der Waals surface area contributed by atoms with Gasteiger partial charge in [-0.15, -0.1) is 0 Å². The summed E-state index contributed by atoms with van der Waals surface area (Å²) in [5, 5.41) is 2.79. The van der Waals surface area contributed by atoms with Gasteiger partial charge >= 0.3 is 18.0 Å². The van der Waals surface area contributed by atoms with E-state index in [2.05, 4.69) is 5.32 Å². The molecule has 0 aliphatic rings. The predicted molar refractivity (Wildman–Crippen MR) is 124 cm³/mol. The number of amides is 3. The molecule has 1 aromatic rings. The Hall–Kier alpha value is -3.10. The molecule has 0 aromatic heterocycles. The summed E-state index contributed by atoms with van der Waals surface area (Å²) in [5.41, 5.74) is 0.799. The summed E-state index contributed by atoms with van der Waals surface area (Å²) in [7, 11) is 0. The van der Waals surface area contributed by atoms with Gasteiger partial charge in [0, 0.05) is 18.6 Å². The van der Waals surface area contributed by atoms with Crippen LogP contribution in [0, 0.1) is 0 Å². The molecule has 0 bridgehead atoms. The lowest BCUT2D eigenvalue weighted by atomic mass is 10.1. The summed E-state index contributed by atoms with van der Waals surface area (Å²) >= 11 is 0. The number of nitrogens with one attached hydrogen (secondary N) is 1. The van der Waals surface area contributed by atoms with Crippen molar-refractivity contribution in [1.29, 1.82) is 0 Å². The van der Waals surface area contributed by atoms with Gasteiger partial charge in [0.15, 0.2) is 0 Å². The largest absolute Gasteiger partial charge is 0.466 e. The van der Waals surface area contributed by atoms with Crippen LogP contribution in [-0.2, 0) is 30.4 Å². The van der Waals surface area contributed by atoms with Crippen molar-refractivity contribution < 1.29 is 28.7 Å². The average molecular weight is 464 g/mol. The monoisotopic (exact) mass is 463 g/mol. The minimum atomic E-state index is -1.15. The molecule has 0 fully saturated rings. The van der Waals surface area contributed by atoms with E-state index in [9.17, 15) is 19.2 Å². The second-order valence-electron chi connectivity index (χ2n) is 8.12. The molecule has 0 saturated carbocycles. The van der Waals surface area contributed by atoms with E-state index in [-0.39, 0.29) is 38.8 Å². The summed E-state index contributed by atoms with van der Waals surface area (Å²) in [6.07, 6.45) is -0.329. The second kappa shape index (κ2) is 14.1. The maximum atomic E-state index is 13.8. The molecular formula is C24H37N3O6. The molecule has 0 heterocycles. The number of carbonyl (C=O) groups excluding carboxylic acids is 4. The molecule has 33 heavy (non-hydrogen) atoms. The Kier molecular flexibility index (Phi) is 12.0. The van der Waals surface area contributed by atoms with E-state index >= 15 is 0 Å². The molecular weight excluding hydrogens is 426 g/mol. The number of benzene rings is 1. The van der Waals surface area contributed by atoms with Crippen LogP contribution in [0.4, 0.5) is 4.79 Å². The Bertz CT molecular complexity index is 782. The van der Waals surface area contributed by atoms with Crippen LogP contribution < -0.4 is 5.32 Å². The Morgan fingerprint density at radius 2 is 1.48 bits per heavy atom. The van der Waals surface area contributed by atoms with Gasteiger partial charge in [-0.1, -0.05) is 30.3 Å². The van der Waals surface area contributed by atoms with Gasteiger partial charge in [-0.2, -0.15) is 0 Å². The summed E-state index contributed by atoms with van der Waals surface area (Å²) in [4.78, 5) is 54.1. The molecule has 0 saturated heterocycles.